The maximum absolute atomic E-state index is 12.0. The van der Waals surface area contributed by atoms with E-state index in [0.717, 1.165) is 11.3 Å². The van der Waals surface area contributed by atoms with Crippen LogP contribution in [0.5, 0.6) is 0 Å². The molecule has 0 amide bonds. The molecule has 7 heteroatoms. The van der Waals surface area contributed by atoms with E-state index in [0.29, 0.717) is 0 Å². The van der Waals surface area contributed by atoms with E-state index < -0.39 is 10.0 Å². The maximum Gasteiger partial charge on any atom is 0.241 e. The number of nitrogens with zero attached hydrogens (tertiary/aromatic N) is 1. The highest BCUT2D eigenvalue weighted by Crippen LogP contribution is 2.18. The van der Waals surface area contributed by atoms with Crippen molar-refractivity contribution in [2.24, 2.45) is 0 Å². The van der Waals surface area contributed by atoms with Crippen LogP contribution in [0.4, 0.5) is 5.82 Å². The Balaban J connectivity index is 2.09. The lowest BCUT2D eigenvalue weighted by atomic mass is 10.4. The molecule has 0 saturated heterocycles. The van der Waals surface area contributed by atoms with Crippen LogP contribution >= 0.6 is 11.3 Å². The van der Waals surface area contributed by atoms with Gasteiger partial charge in [0.25, 0.3) is 0 Å². The van der Waals surface area contributed by atoms with E-state index in [1.54, 1.807) is 11.3 Å². The van der Waals surface area contributed by atoms with Gasteiger partial charge in [0.2, 0.25) is 10.0 Å². The fourth-order valence-electron chi connectivity index (χ4n) is 1.55. The third kappa shape index (κ3) is 3.52. The molecule has 0 radical (unpaired) electrons. The van der Waals surface area contributed by atoms with Gasteiger partial charge in [-0.3, -0.25) is 0 Å². The van der Waals surface area contributed by atoms with E-state index in [9.17, 15) is 8.42 Å². The molecule has 2 aromatic rings. The Kier molecular flexibility index (Phi) is 4.18. The van der Waals surface area contributed by atoms with E-state index in [4.69, 9.17) is 5.73 Å². The number of sulfonamides is 1. The molecule has 0 fully saturated rings. The Bertz CT molecular complexity index is 665. The number of hydrogen-bond donors (Lipinski definition) is 2. The fourth-order valence-corrected chi connectivity index (χ4v) is 3.57. The Hall–Kier alpha value is -1.44. The van der Waals surface area contributed by atoms with Crippen molar-refractivity contribution in [1.29, 1.82) is 0 Å². The van der Waals surface area contributed by atoms with E-state index in [-0.39, 0.29) is 17.3 Å². The number of hydrogen-bond acceptors (Lipinski definition) is 5. The quantitative estimate of drug-likeness (QED) is 0.880. The smallest absolute Gasteiger partial charge is 0.241 e. The predicted molar refractivity (Wildman–Crippen MR) is 76.4 cm³/mol. The standard InChI is InChI=1S/C12H15N3O2S2/c1-2-9-3-4-10(18-9)8-15-19(16,17)11-5-6-14-12(13)7-11/h3-7,15H,2,8H2,1H3,(H2,13,14). The number of thiophene rings is 1. The zero-order valence-corrected chi connectivity index (χ0v) is 12.1. The van der Waals surface area contributed by atoms with Crippen LogP contribution in [-0.2, 0) is 23.0 Å². The molecule has 0 unspecified atom stereocenters. The second kappa shape index (κ2) is 5.68. The normalized spacial score (nSPS) is 11.6. The zero-order valence-electron chi connectivity index (χ0n) is 10.5. The minimum atomic E-state index is -3.54. The van der Waals surface area contributed by atoms with Crippen molar-refractivity contribution in [3.8, 4) is 0 Å². The van der Waals surface area contributed by atoms with Crippen LogP contribution in [0, 0.1) is 0 Å². The number of rotatable bonds is 5. The fraction of sp³-hybridized carbons (Fsp3) is 0.250. The second-order valence-electron chi connectivity index (χ2n) is 3.96. The number of aromatic nitrogens is 1. The van der Waals surface area contributed by atoms with Gasteiger partial charge in [0.15, 0.2) is 0 Å². The molecule has 0 saturated carbocycles. The average molecular weight is 297 g/mol. The molecule has 0 aromatic carbocycles. The average Bonchev–Trinajstić information content (AvgIpc) is 2.84. The summed E-state index contributed by atoms with van der Waals surface area (Å²) < 4.78 is 26.6. The monoisotopic (exact) mass is 297 g/mol. The molecule has 19 heavy (non-hydrogen) atoms. The van der Waals surface area contributed by atoms with Crippen molar-refractivity contribution >= 4 is 27.2 Å². The summed E-state index contributed by atoms with van der Waals surface area (Å²) in [7, 11) is -3.54. The Morgan fingerprint density at radius 1 is 1.32 bits per heavy atom. The van der Waals surface area contributed by atoms with E-state index in [1.807, 2.05) is 12.1 Å². The topological polar surface area (TPSA) is 85.1 Å². The van der Waals surface area contributed by atoms with Crippen molar-refractivity contribution in [2.45, 2.75) is 24.8 Å². The van der Waals surface area contributed by atoms with Gasteiger partial charge in [-0.1, -0.05) is 6.92 Å². The van der Waals surface area contributed by atoms with Crippen LogP contribution in [0.2, 0.25) is 0 Å². The second-order valence-corrected chi connectivity index (χ2v) is 6.98. The highest BCUT2D eigenvalue weighted by Gasteiger charge is 2.14. The van der Waals surface area contributed by atoms with Crippen LogP contribution in [0.15, 0.2) is 35.4 Å². The van der Waals surface area contributed by atoms with Crippen molar-refractivity contribution in [3.05, 3.63) is 40.2 Å². The first-order valence-corrected chi connectivity index (χ1v) is 8.10. The lowest BCUT2D eigenvalue weighted by molar-refractivity contribution is 0.581. The number of nitrogen functional groups attached to an aromatic ring is 1. The number of nitrogens with one attached hydrogen (secondary N) is 1. The largest absolute Gasteiger partial charge is 0.384 e. The molecule has 2 heterocycles. The molecule has 5 nitrogen and oxygen atoms in total. The van der Waals surface area contributed by atoms with Crippen molar-refractivity contribution in [3.63, 3.8) is 0 Å². The summed E-state index contributed by atoms with van der Waals surface area (Å²) in [6, 6.07) is 6.71. The summed E-state index contributed by atoms with van der Waals surface area (Å²) in [5.41, 5.74) is 5.48. The van der Waals surface area contributed by atoms with Gasteiger partial charge in [-0.2, -0.15) is 0 Å². The highest BCUT2D eigenvalue weighted by atomic mass is 32.2. The van der Waals surface area contributed by atoms with Crippen molar-refractivity contribution in [2.75, 3.05) is 5.73 Å². The van der Waals surface area contributed by atoms with Crippen molar-refractivity contribution in [1.82, 2.24) is 9.71 Å². The van der Waals surface area contributed by atoms with Gasteiger partial charge in [-0.25, -0.2) is 18.1 Å². The summed E-state index contributed by atoms with van der Waals surface area (Å²) in [5.74, 6) is 0.187. The molecule has 0 atom stereocenters. The van der Waals surface area contributed by atoms with Gasteiger partial charge in [0.05, 0.1) is 4.90 Å². The zero-order chi connectivity index (χ0) is 13.9. The van der Waals surface area contributed by atoms with E-state index in [2.05, 4.69) is 16.6 Å². The third-order valence-corrected chi connectivity index (χ3v) is 5.19. The Labute approximate surface area is 116 Å². The molecule has 0 aliphatic rings. The van der Waals surface area contributed by atoms with Crippen LogP contribution in [0.25, 0.3) is 0 Å². The lowest BCUT2D eigenvalue weighted by Crippen LogP contribution is -2.23. The van der Waals surface area contributed by atoms with E-state index >= 15 is 0 Å². The molecular formula is C12H15N3O2S2. The molecule has 0 aliphatic carbocycles. The third-order valence-electron chi connectivity index (χ3n) is 2.57. The van der Waals surface area contributed by atoms with Gasteiger partial charge in [0.1, 0.15) is 5.82 Å². The molecule has 102 valence electrons. The molecular weight excluding hydrogens is 282 g/mol. The molecule has 0 spiro atoms. The van der Waals surface area contributed by atoms with E-state index in [1.165, 1.54) is 23.2 Å². The first kappa shape index (κ1) is 14.0. The SMILES string of the molecule is CCc1ccc(CNS(=O)(=O)c2ccnc(N)c2)s1. The van der Waals surface area contributed by atoms with Crippen LogP contribution in [0.3, 0.4) is 0 Å². The molecule has 0 aliphatic heterocycles. The number of anilines is 1. The Morgan fingerprint density at radius 3 is 2.68 bits per heavy atom. The minimum absolute atomic E-state index is 0.132. The van der Waals surface area contributed by atoms with Gasteiger partial charge in [-0.15, -0.1) is 11.3 Å². The maximum atomic E-state index is 12.0. The summed E-state index contributed by atoms with van der Waals surface area (Å²) in [6.07, 6.45) is 2.34. The predicted octanol–water partition coefficient (Wildman–Crippen LogP) is 1.77. The number of aryl methyl sites for hydroxylation is 1. The number of nitrogens with two attached hydrogens (primary N) is 1. The van der Waals surface area contributed by atoms with Gasteiger partial charge in [-0.05, 0) is 24.6 Å². The summed E-state index contributed by atoms with van der Waals surface area (Å²) in [6.45, 7) is 2.36. The first-order valence-electron chi connectivity index (χ1n) is 5.80. The molecule has 2 aromatic heterocycles. The number of pyridine rings is 1. The van der Waals surface area contributed by atoms with Crippen molar-refractivity contribution < 1.29 is 8.42 Å². The van der Waals surface area contributed by atoms with Crippen LogP contribution in [-0.4, -0.2) is 13.4 Å². The molecule has 0 bridgehead atoms. The van der Waals surface area contributed by atoms with Gasteiger partial charge < -0.3 is 5.73 Å². The summed E-state index contributed by atoms with van der Waals surface area (Å²) in [4.78, 5) is 6.13. The minimum Gasteiger partial charge on any atom is -0.384 e. The lowest BCUT2D eigenvalue weighted by Gasteiger charge is -2.05. The highest BCUT2D eigenvalue weighted by molar-refractivity contribution is 7.89. The molecule has 3 N–H and O–H groups in total. The summed E-state index contributed by atoms with van der Waals surface area (Å²) >= 11 is 1.61. The molecule has 2 rings (SSSR count). The first-order chi connectivity index (χ1) is 9.01. The summed E-state index contributed by atoms with van der Waals surface area (Å²) in [5, 5.41) is 0. The van der Waals surface area contributed by atoms with Crippen LogP contribution < -0.4 is 10.5 Å². The Morgan fingerprint density at radius 2 is 2.05 bits per heavy atom. The van der Waals surface area contributed by atoms with Crippen LogP contribution in [0.1, 0.15) is 16.7 Å². The van der Waals surface area contributed by atoms with Gasteiger partial charge >= 0.3 is 0 Å². The van der Waals surface area contributed by atoms with Gasteiger partial charge in [0, 0.05) is 28.6 Å².